The van der Waals surface area contributed by atoms with Gasteiger partial charge in [0.2, 0.25) is 10.0 Å². The summed E-state index contributed by atoms with van der Waals surface area (Å²) in [4.78, 5) is 19.2. The number of nitrogens with zero attached hydrogens (tertiary/aromatic N) is 3. The highest BCUT2D eigenvalue weighted by molar-refractivity contribution is 7.89. The van der Waals surface area contributed by atoms with Crippen molar-refractivity contribution in [3.8, 4) is 0 Å². The van der Waals surface area contributed by atoms with Crippen molar-refractivity contribution >= 4 is 39.0 Å². The first-order valence-corrected chi connectivity index (χ1v) is 12.1. The molecule has 3 aromatic rings. The van der Waals surface area contributed by atoms with Gasteiger partial charge in [-0.25, -0.2) is 13.4 Å². The molecule has 0 bridgehead atoms. The molecule has 0 radical (unpaired) electrons. The Kier molecular flexibility index (Phi) is 6.74. The smallest absolute Gasteiger partial charge is 0.255 e. The third-order valence-corrected chi connectivity index (χ3v) is 7.44. The fourth-order valence-corrected chi connectivity index (χ4v) is 5.17. The van der Waals surface area contributed by atoms with Gasteiger partial charge in [0, 0.05) is 36.8 Å². The zero-order chi connectivity index (χ0) is 22.6. The van der Waals surface area contributed by atoms with Gasteiger partial charge in [0.25, 0.3) is 5.91 Å². The van der Waals surface area contributed by atoms with Crippen LogP contribution in [0.1, 0.15) is 16.8 Å². The van der Waals surface area contributed by atoms with Crippen molar-refractivity contribution in [2.24, 2.45) is 0 Å². The number of amides is 1. The molecule has 1 aliphatic heterocycles. The Balaban J connectivity index is 1.39. The third-order valence-electron chi connectivity index (χ3n) is 5.27. The molecule has 0 saturated carbocycles. The number of sulfonamides is 1. The number of carbonyl (C=O) groups excluding carboxylic acids is 1. The maximum atomic E-state index is 12.9. The van der Waals surface area contributed by atoms with Crippen LogP contribution in [0.5, 0.6) is 0 Å². The van der Waals surface area contributed by atoms with Crippen molar-refractivity contribution in [3.63, 3.8) is 0 Å². The average Bonchev–Trinajstić information content (AvgIpc) is 3.07. The third kappa shape index (κ3) is 5.09. The maximum absolute atomic E-state index is 12.9. The molecule has 0 spiro atoms. The van der Waals surface area contributed by atoms with Crippen LogP contribution >= 0.6 is 11.6 Å². The van der Waals surface area contributed by atoms with Gasteiger partial charge >= 0.3 is 0 Å². The Bertz CT molecular complexity index is 1170. The Morgan fingerprint density at radius 2 is 1.66 bits per heavy atom. The van der Waals surface area contributed by atoms with E-state index in [0.717, 1.165) is 5.82 Å². The second kappa shape index (κ2) is 9.68. The Labute approximate surface area is 192 Å². The van der Waals surface area contributed by atoms with Gasteiger partial charge in [0.1, 0.15) is 5.82 Å². The molecule has 0 unspecified atom stereocenters. The van der Waals surface area contributed by atoms with E-state index in [4.69, 9.17) is 11.6 Å². The standard InChI is InChI=1S/C23H23ClN4O3S/c24-19-9-7-18(8-10-19)23(29)26-20-11-12-22(25-17-20)27-13-4-14-28(16-15-27)32(30,31)21-5-2-1-3-6-21/h1-3,5-12,17H,4,13-16H2,(H,26,29). The predicted octanol–water partition coefficient (Wildman–Crippen LogP) is 3.89. The molecule has 2 heterocycles. The van der Waals surface area contributed by atoms with E-state index >= 15 is 0 Å². The number of pyridine rings is 1. The molecule has 0 aliphatic carbocycles. The Morgan fingerprint density at radius 3 is 2.34 bits per heavy atom. The van der Waals surface area contributed by atoms with Gasteiger partial charge in [-0.2, -0.15) is 4.31 Å². The minimum atomic E-state index is -3.51. The average molecular weight is 471 g/mol. The number of hydrogen-bond donors (Lipinski definition) is 1. The number of carbonyl (C=O) groups is 1. The fourth-order valence-electron chi connectivity index (χ4n) is 3.56. The van der Waals surface area contributed by atoms with E-state index < -0.39 is 10.0 Å². The minimum absolute atomic E-state index is 0.243. The number of nitrogens with one attached hydrogen (secondary N) is 1. The zero-order valence-electron chi connectivity index (χ0n) is 17.3. The SMILES string of the molecule is O=C(Nc1ccc(N2CCCN(S(=O)(=O)c3ccccc3)CC2)nc1)c1ccc(Cl)cc1. The summed E-state index contributed by atoms with van der Waals surface area (Å²) in [5.74, 6) is 0.501. The lowest BCUT2D eigenvalue weighted by molar-refractivity contribution is 0.102. The maximum Gasteiger partial charge on any atom is 0.255 e. The highest BCUT2D eigenvalue weighted by Gasteiger charge is 2.27. The van der Waals surface area contributed by atoms with Crippen LogP contribution in [0.2, 0.25) is 5.02 Å². The molecule has 32 heavy (non-hydrogen) atoms. The molecular weight excluding hydrogens is 448 g/mol. The van der Waals surface area contributed by atoms with E-state index in [0.29, 0.717) is 53.8 Å². The van der Waals surface area contributed by atoms with E-state index in [1.165, 1.54) is 4.31 Å². The quantitative estimate of drug-likeness (QED) is 0.611. The van der Waals surface area contributed by atoms with Gasteiger partial charge in [-0.05, 0) is 55.0 Å². The number of halogens is 1. The molecule has 0 atom stereocenters. The minimum Gasteiger partial charge on any atom is -0.355 e. The molecule has 1 aliphatic rings. The lowest BCUT2D eigenvalue weighted by Crippen LogP contribution is -2.35. The van der Waals surface area contributed by atoms with Gasteiger partial charge in [-0.15, -0.1) is 0 Å². The van der Waals surface area contributed by atoms with Crippen molar-refractivity contribution in [1.82, 2.24) is 9.29 Å². The second-order valence-corrected chi connectivity index (χ2v) is 9.80. The number of benzene rings is 2. The van der Waals surface area contributed by atoms with E-state index in [2.05, 4.69) is 15.2 Å². The molecule has 1 N–H and O–H groups in total. The molecule has 7 nitrogen and oxygen atoms in total. The topological polar surface area (TPSA) is 82.6 Å². The van der Waals surface area contributed by atoms with Gasteiger partial charge in [0.05, 0.1) is 16.8 Å². The molecule has 1 aromatic heterocycles. The summed E-state index contributed by atoms with van der Waals surface area (Å²) in [6.45, 7) is 2.08. The van der Waals surface area contributed by atoms with Crippen LogP contribution in [0.4, 0.5) is 11.5 Å². The van der Waals surface area contributed by atoms with Crippen molar-refractivity contribution in [3.05, 3.63) is 83.5 Å². The number of rotatable bonds is 5. The van der Waals surface area contributed by atoms with Crippen LogP contribution in [0.15, 0.2) is 77.8 Å². The highest BCUT2D eigenvalue weighted by Crippen LogP contribution is 2.21. The Hall–Kier alpha value is -2.94. The first-order valence-electron chi connectivity index (χ1n) is 10.3. The van der Waals surface area contributed by atoms with Crippen molar-refractivity contribution in [2.75, 3.05) is 36.4 Å². The summed E-state index contributed by atoms with van der Waals surface area (Å²) in [5.41, 5.74) is 1.09. The zero-order valence-corrected chi connectivity index (χ0v) is 18.9. The molecule has 4 rings (SSSR count). The summed E-state index contributed by atoms with van der Waals surface area (Å²) in [5, 5.41) is 3.38. The molecule has 9 heteroatoms. The van der Waals surface area contributed by atoms with Crippen LogP contribution in [0.25, 0.3) is 0 Å². The summed E-state index contributed by atoms with van der Waals surface area (Å²) in [7, 11) is -3.51. The van der Waals surface area contributed by atoms with Gasteiger partial charge in [-0.3, -0.25) is 4.79 Å². The number of aromatic nitrogens is 1. The van der Waals surface area contributed by atoms with Crippen LogP contribution in [-0.2, 0) is 10.0 Å². The second-order valence-electron chi connectivity index (χ2n) is 7.42. The summed E-state index contributed by atoms with van der Waals surface area (Å²) < 4.78 is 27.4. The molecule has 1 saturated heterocycles. The van der Waals surface area contributed by atoms with Crippen molar-refractivity contribution < 1.29 is 13.2 Å². The molecular formula is C23H23ClN4O3S. The monoisotopic (exact) mass is 470 g/mol. The van der Waals surface area contributed by atoms with Crippen LogP contribution < -0.4 is 10.2 Å². The number of anilines is 2. The Morgan fingerprint density at radius 1 is 0.906 bits per heavy atom. The van der Waals surface area contributed by atoms with E-state index in [9.17, 15) is 13.2 Å². The normalized spacial score (nSPS) is 15.2. The summed E-state index contributed by atoms with van der Waals surface area (Å²) in [6.07, 6.45) is 2.30. The van der Waals surface area contributed by atoms with Gasteiger partial charge in [0.15, 0.2) is 0 Å². The molecule has 1 fully saturated rings. The van der Waals surface area contributed by atoms with Crippen molar-refractivity contribution in [1.29, 1.82) is 0 Å². The fraction of sp³-hybridized carbons (Fsp3) is 0.217. The lowest BCUT2D eigenvalue weighted by Gasteiger charge is -2.23. The van der Waals surface area contributed by atoms with Gasteiger partial charge < -0.3 is 10.2 Å². The highest BCUT2D eigenvalue weighted by atomic mass is 35.5. The largest absolute Gasteiger partial charge is 0.355 e. The molecule has 2 aromatic carbocycles. The van der Waals surface area contributed by atoms with Crippen LogP contribution in [-0.4, -0.2) is 49.8 Å². The van der Waals surface area contributed by atoms with Gasteiger partial charge in [-0.1, -0.05) is 29.8 Å². The van der Waals surface area contributed by atoms with Crippen LogP contribution in [0, 0.1) is 0 Å². The van der Waals surface area contributed by atoms with E-state index in [-0.39, 0.29) is 5.91 Å². The first kappa shape index (κ1) is 22.3. The summed E-state index contributed by atoms with van der Waals surface area (Å²) >= 11 is 5.86. The van der Waals surface area contributed by atoms with E-state index in [1.807, 2.05) is 6.07 Å². The number of hydrogen-bond acceptors (Lipinski definition) is 5. The lowest BCUT2D eigenvalue weighted by atomic mass is 10.2. The van der Waals surface area contributed by atoms with E-state index in [1.54, 1.807) is 66.9 Å². The molecule has 166 valence electrons. The summed E-state index contributed by atoms with van der Waals surface area (Å²) in [6, 6.07) is 18.8. The van der Waals surface area contributed by atoms with Crippen molar-refractivity contribution in [2.45, 2.75) is 11.3 Å². The molecule has 1 amide bonds. The predicted molar refractivity (Wildman–Crippen MR) is 126 cm³/mol. The van der Waals surface area contributed by atoms with Crippen LogP contribution in [0.3, 0.4) is 0 Å². The first-order chi connectivity index (χ1) is 15.4.